The fourth-order valence-electron chi connectivity index (χ4n) is 4.19. The molecule has 0 saturated carbocycles. The Bertz CT molecular complexity index is 1160. The molecule has 1 aliphatic heterocycles. The van der Waals surface area contributed by atoms with Gasteiger partial charge in [-0.15, -0.1) is 0 Å². The zero-order valence-electron chi connectivity index (χ0n) is 19.0. The summed E-state index contributed by atoms with van der Waals surface area (Å²) >= 11 is 18.9. The molecule has 0 atom stereocenters. The van der Waals surface area contributed by atoms with Crippen LogP contribution in [0.4, 0.5) is 0 Å². The predicted octanol–water partition coefficient (Wildman–Crippen LogP) is 6.93. The molecule has 1 fully saturated rings. The summed E-state index contributed by atoms with van der Waals surface area (Å²) in [5, 5.41) is 8.41. The Kier molecular flexibility index (Phi) is 7.06. The van der Waals surface area contributed by atoms with Gasteiger partial charge in [0, 0.05) is 34.3 Å². The molecule has 5 nitrogen and oxygen atoms in total. The van der Waals surface area contributed by atoms with Crippen LogP contribution in [0.3, 0.4) is 0 Å². The average Bonchev–Trinajstić information content (AvgIpc) is 3.16. The maximum Gasteiger partial charge on any atom is 0.286 e. The minimum atomic E-state index is -0.374. The smallest absolute Gasteiger partial charge is 0.283 e. The molecular weight excluding hydrogens is 479 g/mol. The van der Waals surface area contributed by atoms with Gasteiger partial charge < -0.3 is 0 Å². The molecule has 3 aromatic rings. The molecular formula is C25H27Cl3N4O. The van der Waals surface area contributed by atoms with Gasteiger partial charge in [-0.2, -0.15) is 5.10 Å². The van der Waals surface area contributed by atoms with Gasteiger partial charge in [-0.3, -0.25) is 10.2 Å². The molecule has 1 N–H and O–H groups in total. The highest BCUT2D eigenvalue weighted by Crippen LogP contribution is 2.39. The number of rotatable bonds is 4. The third kappa shape index (κ3) is 5.22. The first-order valence-electron chi connectivity index (χ1n) is 11.1. The Hall–Kier alpha value is -2.05. The molecule has 2 heterocycles. The number of nitrogens with one attached hydrogen (secondary N) is 1. The second kappa shape index (κ2) is 9.67. The first kappa shape index (κ1) is 24.1. The summed E-state index contributed by atoms with van der Waals surface area (Å²) in [6.07, 6.45) is 3.32. The predicted molar refractivity (Wildman–Crippen MR) is 136 cm³/mol. The zero-order valence-corrected chi connectivity index (χ0v) is 21.2. The van der Waals surface area contributed by atoms with E-state index in [9.17, 15) is 4.79 Å². The Balaban J connectivity index is 1.93. The highest BCUT2D eigenvalue weighted by Gasteiger charge is 2.33. The van der Waals surface area contributed by atoms with Crippen LogP contribution in [0, 0.1) is 0 Å². The normalized spacial score (nSPS) is 15.0. The molecule has 1 aromatic heterocycles. The Morgan fingerprint density at radius 3 is 2.18 bits per heavy atom. The van der Waals surface area contributed by atoms with E-state index in [-0.39, 0.29) is 11.3 Å². The van der Waals surface area contributed by atoms with Gasteiger partial charge in [-0.25, -0.2) is 9.69 Å². The lowest BCUT2D eigenvalue weighted by Gasteiger charge is -2.27. The van der Waals surface area contributed by atoms with Crippen molar-refractivity contribution in [3.05, 3.63) is 68.8 Å². The topological polar surface area (TPSA) is 50.2 Å². The molecule has 174 valence electrons. The number of hydrazine groups is 1. The largest absolute Gasteiger partial charge is 0.286 e. The van der Waals surface area contributed by atoms with Gasteiger partial charge in [-0.1, -0.05) is 74.1 Å². The van der Waals surface area contributed by atoms with Crippen molar-refractivity contribution in [2.75, 3.05) is 13.1 Å². The number of hydrogen-bond acceptors (Lipinski definition) is 3. The van der Waals surface area contributed by atoms with E-state index in [2.05, 4.69) is 26.2 Å². The SMILES string of the molecule is CC(C)(C)c1c(C(=O)NN2CCCCC2)nn(-c2ccc(Cl)cc2Cl)c1-c1ccc(Cl)cc1. The highest BCUT2D eigenvalue weighted by molar-refractivity contribution is 6.35. The molecule has 0 radical (unpaired) electrons. The van der Waals surface area contributed by atoms with E-state index in [1.807, 2.05) is 35.3 Å². The highest BCUT2D eigenvalue weighted by atomic mass is 35.5. The number of halogens is 3. The van der Waals surface area contributed by atoms with Crippen molar-refractivity contribution in [1.29, 1.82) is 0 Å². The molecule has 2 aromatic carbocycles. The van der Waals surface area contributed by atoms with Crippen molar-refractivity contribution in [3.63, 3.8) is 0 Å². The van der Waals surface area contributed by atoms with Crippen LogP contribution in [0.2, 0.25) is 15.1 Å². The lowest BCUT2D eigenvalue weighted by Crippen LogP contribution is -2.45. The van der Waals surface area contributed by atoms with Gasteiger partial charge in [-0.05, 0) is 48.6 Å². The van der Waals surface area contributed by atoms with Crippen LogP contribution in [-0.2, 0) is 5.41 Å². The first-order valence-corrected chi connectivity index (χ1v) is 12.2. The maximum absolute atomic E-state index is 13.5. The van der Waals surface area contributed by atoms with E-state index in [0.29, 0.717) is 26.4 Å². The third-order valence-electron chi connectivity index (χ3n) is 5.72. The monoisotopic (exact) mass is 504 g/mol. The maximum atomic E-state index is 13.5. The van der Waals surface area contributed by atoms with Crippen molar-refractivity contribution in [3.8, 4) is 16.9 Å². The van der Waals surface area contributed by atoms with Gasteiger partial charge in [0.1, 0.15) is 0 Å². The van der Waals surface area contributed by atoms with E-state index in [4.69, 9.17) is 39.9 Å². The molecule has 4 rings (SSSR count). The molecule has 33 heavy (non-hydrogen) atoms. The number of carbonyl (C=O) groups is 1. The number of carbonyl (C=O) groups excluding carboxylic acids is 1. The Morgan fingerprint density at radius 1 is 0.939 bits per heavy atom. The molecule has 0 spiro atoms. The molecule has 8 heteroatoms. The van der Waals surface area contributed by atoms with Crippen LogP contribution in [0.1, 0.15) is 56.1 Å². The summed E-state index contributed by atoms with van der Waals surface area (Å²) in [6.45, 7) is 7.91. The van der Waals surface area contributed by atoms with Gasteiger partial charge in [0.15, 0.2) is 5.69 Å². The second-order valence-electron chi connectivity index (χ2n) is 9.33. The number of aromatic nitrogens is 2. The molecule has 1 amide bonds. The Labute approximate surface area is 209 Å². The molecule has 1 aliphatic rings. The number of piperidine rings is 1. The summed E-state index contributed by atoms with van der Waals surface area (Å²) in [5.41, 5.74) is 6.24. The minimum Gasteiger partial charge on any atom is -0.283 e. The average molecular weight is 506 g/mol. The number of nitrogens with zero attached hydrogens (tertiary/aromatic N) is 3. The second-order valence-corrected chi connectivity index (χ2v) is 10.6. The van der Waals surface area contributed by atoms with Crippen LogP contribution in [0.25, 0.3) is 16.9 Å². The summed E-state index contributed by atoms with van der Waals surface area (Å²) in [5.74, 6) is -0.221. The van der Waals surface area contributed by atoms with Crippen molar-refractivity contribution in [2.24, 2.45) is 0 Å². The van der Waals surface area contributed by atoms with Crippen LogP contribution < -0.4 is 5.43 Å². The van der Waals surface area contributed by atoms with Crippen LogP contribution in [0.15, 0.2) is 42.5 Å². The zero-order chi connectivity index (χ0) is 23.8. The first-order chi connectivity index (χ1) is 15.6. The van der Waals surface area contributed by atoms with Crippen molar-refractivity contribution < 1.29 is 4.79 Å². The fourth-order valence-corrected chi connectivity index (χ4v) is 4.81. The Morgan fingerprint density at radius 2 is 1.58 bits per heavy atom. The summed E-state index contributed by atoms with van der Waals surface area (Å²) in [6, 6.07) is 12.8. The van der Waals surface area contributed by atoms with Crippen LogP contribution in [-0.4, -0.2) is 33.8 Å². The van der Waals surface area contributed by atoms with E-state index in [0.717, 1.165) is 42.8 Å². The molecule has 1 saturated heterocycles. The quantitative estimate of drug-likeness (QED) is 0.418. The number of hydrogen-bond donors (Lipinski definition) is 1. The third-order valence-corrected chi connectivity index (χ3v) is 6.51. The van der Waals surface area contributed by atoms with E-state index in [1.54, 1.807) is 16.8 Å². The fraction of sp³-hybridized carbons (Fsp3) is 0.360. The van der Waals surface area contributed by atoms with E-state index in [1.165, 1.54) is 6.42 Å². The van der Waals surface area contributed by atoms with E-state index < -0.39 is 0 Å². The standard InChI is InChI=1S/C25H27Cl3N4O/c1-25(2,3)21-22(24(33)30-31-13-5-4-6-14-31)29-32(20-12-11-18(27)15-19(20)28)23(21)16-7-9-17(26)10-8-16/h7-12,15H,4-6,13-14H2,1-3H3,(H,30,33). The van der Waals surface area contributed by atoms with Gasteiger partial charge in [0.2, 0.25) is 0 Å². The van der Waals surface area contributed by atoms with Crippen molar-refractivity contribution >= 4 is 40.7 Å². The van der Waals surface area contributed by atoms with Gasteiger partial charge in [0.25, 0.3) is 5.91 Å². The lowest BCUT2D eigenvalue weighted by atomic mass is 9.83. The number of amides is 1. The van der Waals surface area contributed by atoms with Crippen molar-refractivity contribution in [2.45, 2.75) is 45.4 Å². The molecule has 0 aliphatic carbocycles. The van der Waals surface area contributed by atoms with E-state index >= 15 is 0 Å². The van der Waals surface area contributed by atoms with Crippen LogP contribution >= 0.6 is 34.8 Å². The summed E-state index contributed by atoms with van der Waals surface area (Å²) < 4.78 is 1.74. The molecule has 0 bridgehead atoms. The molecule has 0 unspecified atom stereocenters. The van der Waals surface area contributed by atoms with Crippen LogP contribution in [0.5, 0.6) is 0 Å². The lowest BCUT2D eigenvalue weighted by molar-refractivity contribution is 0.0742. The minimum absolute atomic E-state index is 0.221. The van der Waals surface area contributed by atoms with Gasteiger partial charge in [0.05, 0.1) is 16.4 Å². The summed E-state index contributed by atoms with van der Waals surface area (Å²) in [4.78, 5) is 13.5. The summed E-state index contributed by atoms with van der Waals surface area (Å²) in [7, 11) is 0. The van der Waals surface area contributed by atoms with Crippen molar-refractivity contribution in [1.82, 2.24) is 20.2 Å². The number of benzene rings is 2. The van der Waals surface area contributed by atoms with Gasteiger partial charge >= 0.3 is 0 Å².